The number of amides is 1. The van der Waals surface area contributed by atoms with Crippen LogP contribution in [0.2, 0.25) is 5.02 Å². The van der Waals surface area contributed by atoms with Crippen LogP contribution in [0.3, 0.4) is 0 Å². The molecule has 1 aromatic heterocycles. The molecule has 1 aliphatic heterocycles. The van der Waals surface area contributed by atoms with Crippen LogP contribution >= 0.6 is 11.6 Å². The molecule has 0 radical (unpaired) electrons. The fraction of sp³-hybridized carbons (Fsp3) is 0.238. The zero-order valence-corrected chi connectivity index (χ0v) is 17.0. The van der Waals surface area contributed by atoms with E-state index < -0.39 is 16.9 Å². The van der Waals surface area contributed by atoms with Crippen LogP contribution in [0.15, 0.2) is 51.7 Å². The highest BCUT2D eigenvalue weighted by atomic mass is 35.5. The van der Waals surface area contributed by atoms with Gasteiger partial charge in [0.1, 0.15) is 5.58 Å². The number of nitrogens with zero attached hydrogens (tertiary/aromatic N) is 3. The molecule has 0 aliphatic carbocycles. The molecule has 0 bridgehead atoms. The highest BCUT2D eigenvalue weighted by Crippen LogP contribution is 2.39. The molecule has 4 rings (SSSR count). The van der Waals surface area contributed by atoms with Gasteiger partial charge in [-0.3, -0.25) is 19.7 Å². The van der Waals surface area contributed by atoms with Gasteiger partial charge < -0.3 is 14.2 Å². The van der Waals surface area contributed by atoms with Crippen LogP contribution in [0.4, 0.5) is 5.69 Å². The maximum atomic E-state index is 13.4. The summed E-state index contributed by atoms with van der Waals surface area (Å²) in [5.41, 5.74) is 0.432. The number of carbonyl (C=O) groups excluding carboxylic acids is 1. The SMILES string of the molecule is CN(C)CCN1C(=O)c2oc3ccc(Cl)cc3c(=O)c2[C@H]1c1cccc([N+](=O)[O-])c1. The molecular formula is C21H18ClN3O5. The highest BCUT2D eigenvalue weighted by Gasteiger charge is 2.42. The molecule has 2 aromatic carbocycles. The Morgan fingerprint density at radius 3 is 2.67 bits per heavy atom. The number of hydrogen-bond acceptors (Lipinski definition) is 6. The Morgan fingerprint density at radius 2 is 1.97 bits per heavy atom. The fourth-order valence-electron chi connectivity index (χ4n) is 3.69. The second-order valence-electron chi connectivity index (χ2n) is 7.37. The summed E-state index contributed by atoms with van der Waals surface area (Å²) in [6, 6.07) is 9.82. The van der Waals surface area contributed by atoms with Crippen LogP contribution in [0.25, 0.3) is 11.0 Å². The average molecular weight is 428 g/mol. The van der Waals surface area contributed by atoms with E-state index in [-0.39, 0.29) is 33.4 Å². The Kier molecular flexibility index (Phi) is 5.05. The average Bonchev–Trinajstić information content (AvgIpc) is 2.99. The number of likely N-dealkylation sites (N-methyl/N-ethyl adjacent to an activating group) is 1. The first-order valence-electron chi connectivity index (χ1n) is 9.24. The third-order valence-electron chi connectivity index (χ3n) is 5.11. The van der Waals surface area contributed by atoms with Gasteiger partial charge in [0.25, 0.3) is 11.6 Å². The van der Waals surface area contributed by atoms with Crippen molar-refractivity contribution in [1.29, 1.82) is 0 Å². The maximum Gasteiger partial charge on any atom is 0.290 e. The Bertz CT molecular complexity index is 1240. The summed E-state index contributed by atoms with van der Waals surface area (Å²) < 4.78 is 5.82. The number of non-ortho nitro benzene ring substituents is 1. The quantitative estimate of drug-likeness (QED) is 0.457. The molecular weight excluding hydrogens is 410 g/mol. The first-order chi connectivity index (χ1) is 14.3. The first kappa shape index (κ1) is 20.1. The Labute approximate surface area is 176 Å². The molecule has 30 heavy (non-hydrogen) atoms. The van der Waals surface area contributed by atoms with Gasteiger partial charge >= 0.3 is 0 Å². The van der Waals surface area contributed by atoms with Crippen LogP contribution in [-0.2, 0) is 0 Å². The minimum atomic E-state index is -0.785. The molecule has 1 amide bonds. The Balaban J connectivity index is 1.96. The second-order valence-corrected chi connectivity index (χ2v) is 7.81. The van der Waals surface area contributed by atoms with E-state index in [2.05, 4.69) is 0 Å². The van der Waals surface area contributed by atoms with E-state index in [1.54, 1.807) is 24.3 Å². The molecule has 2 heterocycles. The zero-order valence-electron chi connectivity index (χ0n) is 16.3. The molecule has 0 fully saturated rings. The summed E-state index contributed by atoms with van der Waals surface area (Å²) in [4.78, 5) is 40.8. The molecule has 8 nitrogen and oxygen atoms in total. The van der Waals surface area contributed by atoms with Crippen LogP contribution in [-0.4, -0.2) is 47.8 Å². The first-order valence-corrected chi connectivity index (χ1v) is 9.62. The molecule has 0 saturated carbocycles. The van der Waals surface area contributed by atoms with Crippen molar-refractivity contribution in [2.45, 2.75) is 6.04 Å². The molecule has 1 aliphatic rings. The molecule has 0 saturated heterocycles. The van der Waals surface area contributed by atoms with Gasteiger partial charge in [-0.1, -0.05) is 23.7 Å². The van der Waals surface area contributed by atoms with E-state index >= 15 is 0 Å². The van der Waals surface area contributed by atoms with E-state index in [1.807, 2.05) is 19.0 Å². The number of fused-ring (bicyclic) bond motifs is 2. The van der Waals surface area contributed by atoms with Gasteiger partial charge in [-0.25, -0.2) is 0 Å². The van der Waals surface area contributed by atoms with Crippen molar-refractivity contribution in [3.05, 3.63) is 84.7 Å². The predicted molar refractivity (Wildman–Crippen MR) is 112 cm³/mol. The van der Waals surface area contributed by atoms with Crippen molar-refractivity contribution in [3.8, 4) is 0 Å². The lowest BCUT2D eigenvalue weighted by molar-refractivity contribution is -0.384. The van der Waals surface area contributed by atoms with Crippen molar-refractivity contribution >= 4 is 34.2 Å². The largest absolute Gasteiger partial charge is 0.450 e. The van der Waals surface area contributed by atoms with Crippen molar-refractivity contribution in [1.82, 2.24) is 9.80 Å². The Hall–Kier alpha value is -3.23. The van der Waals surface area contributed by atoms with Crippen LogP contribution in [0, 0.1) is 10.1 Å². The number of nitro groups is 1. The molecule has 0 spiro atoms. The summed E-state index contributed by atoms with van der Waals surface area (Å²) in [6.45, 7) is 0.866. The maximum absolute atomic E-state index is 13.4. The van der Waals surface area contributed by atoms with Gasteiger partial charge in [0.15, 0.2) is 5.43 Å². The van der Waals surface area contributed by atoms with Crippen molar-refractivity contribution in [2.24, 2.45) is 0 Å². The number of carbonyl (C=O) groups is 1. The van der Waals surface area contributed by atoms with Crippen molar-refractivity contribution < 1.29 is 14.1 Å². The van der Waals surface area contributed by atoms with Crippen LogP contribution in [0.1, 0.15) is 27.7 Å². The fourth-order valence-corrected chi connectivity index (χ4v) is 3.86. The van der Waals surface area contributed by atoms with Gasteiger partial charge in [0, 0.05) is 30.2 Å². The van der Waals surface area contributed by atoms with E-state index in [0.717, 1.165) is 0 Å². The van der Waals surface area contributed by atoms with E-state index in [9.17, 15) is 19.7 Å². The summed E-state index contributed by atoms with van der Waals surface area (Å²) in [7, 11) is 3.74. The minimum absolute atomic E-state index is 0.0370. The standard InChI is InChI=1S/C21H18ClN3O5/c1-23(2)8-9-24-18(12-4-3-5-14(10-12)25(28)29)17-19(26)15-11-13(22)6-7-16(15)30-20(17)21(24)27/h3-7,10-11,18H,8-9H2,1-2H3/t18-/m1/s1. The van der Waals surface area contributed by atoms with E-state index in [0.29, 0.717) is 23.7 Å². The minimum Gasteiger partial charge on any atom is -0.450 e. The lowest BCUT2D eigenvalue weighted by atomic mass is 9.98. The topological polar surface area (TPSA) is 96.9 Å². The number of nitro benzene ring substituents is 1. The zero-order chi connectivity index (χ0) is 21.6. The lowest BCUT2D eigenvalue weighted by Crippen LogP contribution is -2.35. The van der Waals surface area contributed by atoms with Crippen LogP contribution in [0.5, 0.6) is 0 Å². The molecule has 154 valence electrons. The van der Waals surface area contributed by atoms with Gasteiger partial charge in [-0.15, -0.1) is 0 Å². The number of benzene rings is 2. The van der Waals surface area contributed by atoms with Crippen molar-refractivity contribution in [2.75, 3.05) is 27.2 Å². The Morgan fingerprint density at radius 1 is 1.20 bits per heavy atom. The van der Waals surface area contributed by atoms with Gasteiger partial charge in [0.05, 0.1) is 21.9 Å². The van der Waals surface area contributed by atoms with Crippen LogP contribution < -0.4 is 5.43 Å². The number of halogens is 1. The number of hydrogen-bond donors (Lipinski definition) is 0. The predicted octanol–water partition coefficient (Wildman–Crippen LogP) is 3.46. The number of rotatable bonds is 5. The van der Waals surface area contributed by atoms with E-state index in [1.165, 1.54) is 23.1 Å². The summed E-state index contributed by atoms with van der Waals surface area (Å²) >= 11 is 6.05. The lowest BCUT2D eigenvalue weighted by Gasteiger charge is -2.26. The second kappa shape index (κ2) is 7.55. The van der Waals surface area contributed by atoms with Crippen molar-refractivity contribution in [3.63, 3.8) is 0 Å². The third kappa shape index (κ3) is 3.34. The van der Waals surface area contributed by atoms with Gasteiger partial charge in [-0.2, -0.15) is 0 Å². The molecule has 0 unspecified atom stereocenters. The molecule has 3 aromatic rings. The molecule has 0 N–H and O–H groups in total. The van der Waals surface area contributed by atoms with E-state index in [4.69, 9.17) is 16.0 Å². The molecule has 1 atom stereocenters. The third-order valence-corrected chi connectivity index (χ3v) is 5.35. The molecule has 9 heteroatoms. The highest BCUT2D eigenvalue weighted by molar-refractivity contribution is 6.31. The van der Waals surface area contributed by atoms with Gasteiger partial charge in [-0.05, 0) is 37.9 Å². The smallest absolute Gasteiger partial charge is 0.290 e. The summed E-state index contributed by atoms with van der Waals surface area (Å²) in [6.07, 6.45) is 0. The monoisotopic (exact) mass is 427 g/mol. The summed E-state index contributed by atoms with van der Waals surface area (Å²) in [5.74, 6) is -0.456. The van der Waals surface area contributed by atoms with Gasteiger partial charge in [0.2, 0.25) is 5.76 Å². The summed E-state index contributed by atoms with van der Waals surface area (Å²) in [5, 5.41) is 11.9. The normalized spacial score (nSPS) is 15.8.